The molecule has 1 aliphatic rings. The van der Waals surface area contributed by atoms with Gasteiger partial charge in [0.05, 0.1) is 6.04 Å². The molecule has 3 aromatic rings. The van der Waals surface area contributed by atoms with E-state index in [1.807, 2.05) is 6.92 Å². The van der Waals surface area contributed by atoms with Crippen LogP contribution in [-0.2, 0) is 19.5 Å². The van der Waals surface area contributed by atoms with Gasteiger partial charge >= 0.3 is 0 Å². The molecule has 0 saturated heterocycles. The molecule has 0 N–H and O–H groups in total. The second kappa shape index (κ2) is 7.02. The highest BCUT2D eigenvalue weighted by atomic mass is 32.2. The third-order valence-electron chi connectivity index (χ3n) is 4.72. The maximum Gasteiger partial charge on any atom is 0.233 e. The fourth-order valence-electron chi connectivity index (χ4n) is 3.40. The van der Waals surface area contributed by atoms with Gasteiger partial charge in [-0.1, -0.05) is 36.4 Å². The standard InChI is InChI=1S/C20H21N3OS/c1-14-21-22-20(24-14)19-11-16-5-3-4-6-17(16)13-23(19)12-15-7-9-18(25-2)10-8-15/h3-10,19H,11-13H2,1-2H3/t19-/m0/s1. The molecule has 0 saturated carbocycles. The summed E-state index contributed by atoms with van der Waals surface area (Å²) >= 11 is 1.77. The summed E-state index contributed by atoms with van der Waals surface area (Å²) < 4.78 is 5.78. The van der Waals surface area contributed by atoms with Crippen LogP contribution in [0.2, 0.25) is 0 Å². The minimum absolute atomic E-state index is 0.122. The molecule has 2 heterocycles. The van der Waals surface area contributed by atoms with Crippen molar-refractivity contribution in [3.8, 4) is 0 Å². The first-order valence-corrected chi connectivity index (χ1v) is 9.69. The van der Waals surface area contributed by atoms with Crippen LogP contribution in [0.15, 0.2) is 57.8 Å². The van der Waals surface area contributed by atoms with Gasteiger partial charge < -0.3 is 4.42 Å². The number of benzene rings is 2. The highest BCUT2D eigenvalue weighted by Gasteiger charge is 2.31. The molecule has 1 aliphatic heterocycles. The molecule has 0 fully saturated rings. The van der Waals surface area contributed by atoms with Gasteiger partial charge in [0.15, 0.2) is 0 Å². The number of fused-ring (bicyclic) bond motifs is 1. The average molecular weight is 351 g/mol. The largest absolute Gasteiger partial charge is 0.424 e. The first-order valence-electron chi connectivity index (χ1n) is 8.46. The number of aromatic nitrogens is 2. The monoisotopic (exact) mass is 351 g/mol. The van der Waals surface area contributed by atoms with Crippen LogP contribution < -0.4 is 0 Å². The highest BCUT2D eigenvalue weighted by molar-refractivity contribution is 7.98. The van der Waals surface area contributed by atoms with Crippen molar-refractivity contribution in [3.05, 3.63) is 77.0 Å². The van der Waals surface area contributed by atoms with E-state index in [1.165, 1.54) is 21.6 Å². The van der Waals surface area contributed by atoms with Gasteiger partial charge in [-0.05, 0) is 41.5 Å². The summed E-state index contributed by atoms with van der Waals surface area (Å²) in [5.41, 5.74) is 4.06. The Kier molecular flexibility index (Phi) is 4.59. The highest BCUT2D eigenvalue weighted by Crippen LogP contribution is 2.34. The van der Waals surface area contributed by atoms with Crippen LogP contribution in [0.1, 0.15) is 34.5 Å². The summed E-state index contributed by atoms with van der Waals surface area (Å²) in [5, 5.41) is 8.34. The molecule has 4 nitrogen and oxygen atoms in total. The lowest BCUT2D eigenvalue weighted by atomic mass is 9.93. The van der Waals surface area contributed by atoms with Crippen molar-refractivity contribution in [2.75, 3.05) is 6.26 Å². The lowest BCUT2D eigenvalue weighted by molar-refractivity contribution is 0.137. The van der Waals surface area contributed by atoms with Crippen LogP contribution >= 0.6 is 11.8 Å². The molecule has 2 aromatic carbocycles. The third kappa shape index (κ3) is 3.48. The molecular formula is C20H21N3OS. The molecule has 25 heavy (non-hydrogen) atoms. The number of rotatable bonds is 4. The van der Waals surface area contributed by atoms with E-state index >= 15 is 0 Å². The van der Waals surface area contributed by atoms with E-state index in [0.29, 0.717) is 11.8 Å². The molecule has 0 bridgehead atoms. The van der Waals surface area contributed by atoms with Crippen LogP contribution in [0, 0.1) is 6.92 Å². The van der Waals surface area contributed by atoms with Crippen LogP contribution in [0.25, 0.3) is 0 Å². The quantitative estimate of drug-likeness (QED) is 0.652. The Morgan fingerprint density at radius 3 is 2.52 bits per heavy atom. The Bertz CT molecular complexity index is 859. The zero-order valence-corrected chi connectivity index (χ0v) is 15.3. The second-order valence-electron chi connectivity index (χ2n) is 6.40. The van der Waals surface area contributed by atoms with E-state index in [9.17, 15) is 0 Å². The van der Waals surface area contributed by atoms with Crippen molar-refractivity contribution in [1.29, 1.82) is 0 Å². The maximum atomic E-state index is 5.78. The minimum Gasteiger partial charge on any atom is -0.424 e. The van der Waals surface area contributed by atoms with Gasteiger partial charge in [0.2, 0.25) is 11.8 Å². The van der Waals surface area contributed by atoms with E-state index in [-0.39, 0.29) is 6.04 Å². The normalized spacial score (nSPS) is 17.4. The molecule has 0 spiro atoms. The SMILES string of the molecule is CSc1ccc(CN2Cc3ccccc3C[C@H]2c2nnc(C)o2)cc1. The number of nitrogens with zero attached hydrogens (tertiary/aromatic N) is 3. The topological polar surface area (TPSA) is 42.2 Å². The van der Waals surface area contributed by atoms with E-state index in [1.54, 1.807) is 11.8 Å². The number of aryl methyl sites for hydroxylation is 1. The molecule has 1 aromatic heterocycles. The molecule has 0 unspecified atom stereocenters. The Hall–Kier alpha value is -2.11. The molecule has 1 atom stereocenters. The summed E-state index contributed by atoms with van der Waals surface area (Å²) in [7, 11) is 0. The zero-order valence-electron chi connectivity index (χ0n) is 14.5. The minimum atomic E-state index is 0.122. The van der Waals surface area contributed by atoms with Crippen molar-refractivity contribution in [2.24, 2.45) is 0 Å². The summed E-state index contributed by atoms with van der Waals surface area (Å²) in [6.07, 6.45) is 3.01. The summed E-state index contributed by atoms with van der Waals surface area (Å²) in [6.45, 7) is 3.61. The lowest BCUT2D eigenvalue weighted by Gasteiger charge is -2.35. The van der Waals surface area contributed by atoms with Crippen molar-refractivity contribution < 1.29 is 4.42 Å². The van der Waals surface area contributed by atoms with Crippen LogP contribution in [-0.4, -0.2) is 21.4 Å². The van der Waals surface area contributed by atoms with Crippen molar-refractivity contribution in [3.63, 3.8) is 0 Å². The van der Waals surface area contributed by atoms with E-state index in [2.05, 4.69) is 69.9 Å². The Morgan fingerprint density at radius 2 is 1.84 bits per heavy atom. The smallest absolute Gasteiger partial charge is 0.233 e. The van der Waals surface area contributed by atoms with Crippen molar-refractivity contribution >= 4 is 11.8 Å². The van der Waals surface area contributed by atoms with Gasteiger partial charge in [-0.15, -0.1) is 22.0 Å². The third-order valence-corrected chi connectivity index (χ3v) is 5.46. The van der Waals surface area contributed by atoms with Gasteiger partial charge in [0.25, 0.3) is 0 Å². The molecule has 128 valence electrons. The predicted molar refractivity (Wildman–Crippen MR) is 99.4 cm³/mol. The van der Waals surface area contributed by atoms with Gasteiger partial charge in [-0.25, -0.2) is 0 Å². The molecular weight excluding hydrogens is 330 g/mol. The van der Waals surface area contributed by atoms with Gasteiger partial charge in [-0.2, -0.15) is 0 Å². The van der Waals surface area contributed by atoms with Gasteiger partial charge in [-0.3, -0.25) is 4.90 Å². The molecule has 0 amide bonds. The first-order chi connectivity index (χ1) is 12.2. The van der Waals surface area contributed by atoms with Gasteiger partial charge in [0, 0.05) is 24.9 Å². The summed E-state index contributed by atoms with van der Waals surface area (Å²) in [4.78, 5) is 3.72. The Balaban J connectivity index is 1.64. The fourth-order valence-corrected chi connectivity index (χ4v) is 3.81. The van der Waals surface area contributed by atoms with E-state index < -0.39 is 0 Å². The van der Waals surface area contributed by atoms with Crippen LogP contribution in [0.5, 0.6) is 0 Å². The van der Waals surface area contributed by atoms with Crippen molar-refractivity contribution in [2.45, 2.75) is 37.4 Å². The molecule has 0 radical (unpaired) electrons. The summed E-state index contributed by atoms with van der Waals surface area (Å²) in [5.74, 6) is 1.34. The van der Waals surface area contributed by atoms with Crippen LogP contribution in [0.3, 0.4) is 0 Å². The van der Waals surface area contributed by atoms with E-state index in [4.69, 9.17) is 4.42 Å². The average Bonchev–Trinajstić information content (AvgIpc) is 3.08. The Morgan fingerprint density at radius 1 is 1.08 bits per heavy atom. The Labute approximate surface area is 152 Å². The molecule has 0 aliphatic carbocycles. The number of hydrogen-bond donors (Lipinski definition) is 0. The maximum absolute atomic E-state index is 5.78. The zero-order chi connectivity index (χ0) is 17.2. The summed E-state index contributed by atoms with van der Waals surface area (Å²) in [6, 6.07) is 17.5. The number of thioether (sulfide) groups is 1. The first kappa shape index (κ1) is 16.4. The second-order valence-corrected chi connectivity index (χ2v) is 7.28. The predicted octanol–water partition coefficient (Wildman–Crippen LogP) is 4.40. The van der Waals surface area contributed by atoms with Gasteiger partial charge in [0.1, 0.15) is 0 Å². The van der Waals surface area contributed by atoms with E-state index in [0.717, 1.165) is 19.5 Å². The molecule has 4 rings (SSSR count). The lowest BCUT2D eigenvalue weighted by Crippen LogP contribution is -2.34. The number of hydrogen-bond acceptors (Lipinski definition) is 5. The molecule has 5 heteroatoms. The fraction of sp³-hybridized carbons (Fsp3) is 0.300. The van der Waals surface area contributed by atoms with Crippen molar-refractivity contribution in [1.82, 2.24) is 15.1 Å². The van der Waals surface area contributed by atoms with Crippen LogP contribution in [0.4, 0.5) is 0 Å².